The fourth-order valence-electron chi connectivity index (χ4n) is 2.63. The first-order valence-corrected chi connectivity index (χ1v) is 7.76. The van der Waals surface area contributed by atoms with Crippen LogP contribution in [0.2, 0.25) is 0 Å². The predicted molar refractivity (Wildman–Crippen MR) is 83.6 cm³/mol. The first kappa shape index (κ1) is 11.9. The van der Waals surface area contributed by atoms with E-state index in [1.807, 2.05) is 6.20 Å². The van der Waals surface area contributed by atoms with Gasteiger partial charge in [0.15, 0.2) is 4.96 Å². The van der Waals surface area contributed by atoms with Crippen molar-refractivity contribution in [3.63, 3.8) is 0 Å². The molecule has 1 fully saturated rings. The number of nitrogens with one attached hydrogen (secondary N) is 1. The van der Waals surface area contributed by atoms with Gasteiger partial charge in [0.25, 0.3) is 0 Å². The summed E-state index contributed by atoms with van der Waals surface area (Å²) in [6, 6.07) is 8.75. The van der Waals surface area contributed by atoms with E-state index >= 15 is 0 Å². The lowest BCUT2D eigenvalue weighted by atomic mass is 10.1. The summed E-state index contributed by atoms with van der Waals surface area (Å²) in [4.78, 5) is 8.11. The van der Waals surface area contributed by atoms with Gasteiger partial charge in [-0.3, -0.25) is 4.40 Å². The summed E-state index contributed by atoms with van der Waals surface area (Å²) in [6.45, 7) is 4.30. The second kappa shape index (κ2) is 4.92. The zero-order valence-corrected chi connectivity index (χ0v) is 11.9. The van der Waals surface area contributed by atoms with Gasteiger partial charge in [-0.15, -0.1) is 11.3 Å². The Morgan fingerprint density at radius 3 is 2.65 bits per heavy atom. The first-order chi connectivity index (χ1) is 9.90. The SMILES string of the molecule is c1cn2cc(-c3ccc(N4CCNCC4)cc3)nc2s1. The molecule has 1 N–H and O–H groups in total. The van der Waals surface area contributed by atoms with Crippen molar-refractivity contribution in [2.75, 3.05) is 31.1 Å². The Labute approximate surface area is 121 Å². The molecule has 0 spiro atoms. The molecule has 0 atom stereocenters. The molecule has 0 saturated carbocycles. The molecular formula is C15H16N4S. The van der Waals surface area contributed by atoms with Gasteiger partial charge >= 0.3 is 0 Å². The van der Waals surface area contributed by atoms with E-state index in [0.29, 0.717) is 0 Å². The van der Waals surface area contributed by atoms with E-state index in [4.69, 9.17) is 0 Å². The molecule has 4 rings (SSSR count). The van der Waals surface area contributed by atoms with Crippen LogP contribution in [0.25, 0.3) is 16.2 Å². The zero-order valence-electron chi connectivity index (χ0n) is 11.1. The summed E-state index contributed by atoms with van der Waals surface area (Å²) in [5.41, 5.74) is 3.53. The fraction of sp³-hybridized carbons (Fsp3) is 0.267. The van der Waals surface area contributed by atoms with Crippen molar-refractivity contribution in [2.45, 2.75) is 0 Å². The molecule has 1 aliphatic heterocycles. The number of imidazole rings is 1. The Morgan fingerprint density at radius 2 is 1.90 bits per heavy atom. The van der Waals surface area contributed by atoms with Crippen molar-refractivity contribution >= 4 is 22.0 Å². The Balaban J connectivity index is 1.61. The van der Waals surface area contributed by atoms with Crippen molar-refractivity contribution in [3.05, 3.63) is 42.0 Å². The number of hydrogen-bond acceptors (Lipinski definition) is 4. The fourth-order valence-corrected chi connectivity index (χ4v) is 3.33. The van der Waals surface area contributed by atoms with Crippen LogP contribution in [0.4, 0.5) is 5.69 Å². The molecule has 0 radical (unpaired) electrons. The van der Waals surface area contributed by atoms with Crippen LogP contribution < -0.4 is 10.2 Å². The molecule has 1 saturated heterocycles. The Hall–Kier alpha value is -1.85. The minimum Gasteiger partial charge on any atom is -0.369 e. The largest absolute Gasteiger partial charge is 0.369 e. The monoisotopic (exact) mass is 284 g/mol. The van der Waals surface area contributed by atoms with Gasteiger partial charge in [0.05, 0.1) is 5.69 Å². The summed E-state index contributed by atoms with van der Waals surface area (Å²) in [5.74, 6) is 0. The summed E-state index contributed by atoms with van der Waals surface area (Å²) in [5, 5.41) is 5.44. The second-order valence-electron chi connectivity index (χ2n) is 5.00. The van der Waals surface area contributed by atoms with E-state index in [9.17, 15) is 0 Å². The highest BCUT2D eigenvalue weighted by atomic mass is 32.1. The number of aromatic nitrogens is 2. The van der Waals surface area contributed by atoms with Crippen LogP contribution in [0.3, 0.4) is 0 Å². The minimum absolute atomic E-state index is 1.05. The van der Waals surface area contributed by atoms with Crippen LogP contribution in [0.1, 0.15) is 0 Å². The van der Waals surface area contributed by atoms with Crippen molar-refractivity contribution in [1.82, 2.24) is 14.7 Å². The molecule has 1 aromatic carbocycles. The third-order valence-corrected chi connectivity index (χ3v) is 4.51. The first-order valence-electron chi connectivity index (χ1n) is 6.88. The van der Waals surface area contributed by atoms with E-state index in [1.54, 1.807) is 11.3 Å². The zero-order chi connectivity index (χ0) is 13.4. The van der Waals surface area contributed by atoms with Crippen molar-refractivity contribution in [3.8, 4) is 11.3 Å². The van der Waals surface area contributed by atoms with Gasteiger partial charge in [0.2, 0.25) is 0 Å². The Bertz CT molecular complexity index is 678. The van der Waals surface area contributed by atoms with Crippen molar-refractivity contribution < 1.29 is 0 Å². The Kier molecular flexibility index (Phi) is 2.94. The van der Waals surface area contributed by atoms with E-state index in [1.165, 1.54) is 11.3 Å². The topological polar surface area (TPSA) is 32.6 Å². The molecule has 0 amide bonds. The summed E-state index contributed by atoms with van der Waals surface area (Å²) in [6.07, 6.45) is 4.14. The molecule has 3 aromatic rings. The van der Waals surface area contributed by atoms with Crippen molar-refractivity contribution in [1.29, 1.82) is 0 Å². The van der Waals surface area contributed by atoms with Gasteiger partial charge in [0.1, 0.15) is 0 Å². The number of thiazole rings is 1. The minimum atomic E-state index is 1.05. The standard InChI is InChI=1S/C15H16N4S/c1-3-13(18-7-5-16-6-8-18)4-2-12(1)14-11-19-9-10-20-15(19)17-14/h1-4,9-11,16H,5-8H2. The summed E-state index contributed by atoms with van der Waals surface area (Å²) >= 11 is 1.67. The highest BCUT2D eigenvalue weighted by molar-refractivity contribution is 7.15. The lowest BCUT2D eigenvalue weighted by molar-refractivity contribution is 0.589. The molecule has 0 bridgehead atoms. The van der Waals surface area contributed by atoms with E-state index < -0.39 is 0 Å². The molecule has 3 heterocycles. The highest BCUT2D eigenvalue weighted by Gasteiger charge is 2.11. The van der Waals surface area contributed by atoms with Crippen LogP contribution >= 0.6 is 11.3 Å². The Morgan fingerprint density at radius 1 is 1.10 bits per heavy atom. The molecule has 0 unspecified atom stereocenters. The number of hydrogen-bond donors (Lipinski definition) is 1. The molecular weight excluding hydrogens is 268 g/mol. The molecule has 4 nitrogen and oxygen atoms in total. The maximum atomic E-state index is 4.64. The number of nitrogens with zero attached hydrogens (tertiary/aromatic N) is 3. The van der Waals surface area contributed by atoms with E-state index in [-0.39, 0.29) is 0 Å². The number of rotatable bonds is 2. The van der Waals surface area contributed by atoms with E-state index in [0.717, 1.165) is 36.8 Å². The lowest BCUT2D eigenvalue weighted by Crippen LogP contribution is -2.43. The third-order valence-electron chi connectivity index (χ3n) is 3.74. The molecule has 102 valence electrons. The molecule has 0 aliphatic carbocycles. The van der Waals surface area contributed by atoms with Crippen LogP contribution in [0.5, 0.6) is 0 Å². The molecule has 20 heavy (non-hydrogen) atoms. The van der Waals surface area contributed by atoms with E-state index in [2.05, 4.69) is 55.4 Å². The smallest absolute Gasteiger partial charge is 0.194 e. The predicted octanol–water partition coefficient (Wildman–Crippen LogP) is 2.47. The van der Waals surface area contributed by atoms with Crippen LogP contribution in [-0.4, -0.2) is 35.6 Å². The average Bonchev–Trinajstić information content (AvgIpc) is 3.10. The molecule has 1 aliphatic rings. The maximum absolute atomic E-state index is 4.64. The third kappa shape index (κ3) is 2.09. The summed E-state index contributed by atoms with van der Waals surface area (Å²) < 4.78 is 2.07. The summed E-state index contributed by atoms with van der Waals surface area (Å²) in [7, 11) is 0. The number of anilines is 1. The number of benzene rings is 1. The molecule has 5 heteroatoms. The van der Waals surface area contributed by atoms with Gasteiger partial charge in [-0.25, -0.2) is 4.98 Å². The number of fused-ring (bicyclic) bond motifs is 1. The van der Waals surface area contributed by atoms with Gasteiger partial charge in [-0.05, 0) is 12.1 Å². The number of piperazine rings is 1. The quantitative estimate of drug-likeness (QED) is 0.784. The van der Waals surface area contributed by atoms with Crippen LogP contribution in [0.15, 0.2) is 42.0 Å². The normalized spacial score (nSPS) is 15.9. The average molecular weight is 284 g/mol. The van der Waals surface area contributed by atoms with Gasteiger partial charge < -0.3 is 10.2 Å². The maximum Gasteiger partial charge on any atom is 0.194 e. The lowest BCUT2D eigenvalue weighted by Gasteiger charge is -2.29. The van der Waals surface area contributed by atoms with Gasteiger partial charge in [-0.2, -0.15) is 0 Å². The molecule has 2 aromatic heterocycles. The van der Waals surface area contributed by atoms with Crippen LogP contribution in [0, 0.1) is 0 Å². The van der Waals surface area contributed by atoms with Crippen molar-refractivity contribution in [2.24, 2.45) is 0 Å². The van der Waals surface area contributed by atoms with Crippen LogP contribution in [-0.2, 0) is 0 Å². The van der Waals surface area contributed by atoms with Gasteiger partial charge in [-0.1, -0.05) is 12.1 Å². The second-order valence-corrected chi connectivity index (χ2v) is 5.88. The highest BCUT2D eigenvalue weighted by Crippen LogP contribution is 2.24. The van der Waals surface area contributed by atoms with Gasteiger partial charge in [0, 0.05) is 55.2 Å².